The summed E-state index contributed by atoms with van der Waals surface area (Å²) < 4.78 is 6.17. The molecule has 20 heavy (non-hydrogen) atoms. The maximum absolute atomic E-state index is 6.53. The summed E-state index contributed by atoms with van der Waals surface area (Å²) in [5.41, 5.74) is 7.50. The standard InChI is InChI=1S/C17H27NOS/c1-6-20-13-9-7-12(8-10-13)15(18)14-11-16(2,3)19-17(14,4)5/h7-10,14-15H,6,11,18H2,1-5H3. The number of thioether (sulfide) groups is 1. The van der Waals surface area contributed by atoms with Crippen LogP contribution in [0.15, 0.2) is 29.2 Å². The van der Waals surface area contributed by atoms with E-state index >= 15 is 0 Å². The van der Waals surface area contributed by atoms with Crippen molar-refractivity contribution in [2.75, 3.05) is 5.75 Å². The highest BCUT2D eigenvalue weighted by molar-refractivity contribution is 7.99. The van der Waals surface area contributed by atoms with Crippen LogP contribution in [0, 0.1) is 5.92 Å². The molecule has 1 aromatic rings. The first-order chi connectivity index (χ1) is 9.25. The molecule has 0 aromatic heterocycles. The topological polar surface area (TPSA) is 35.2 Å². The number of ether oxygens (including phenoxy) is 1. The molecule has 0 amide bonds. The first-order valence-corrected chi connectivity index (χ1v) is 8.42. The molecule has 1 aliphatic heterocycles. The Balaban J connectivity index is 2.16. The van der Waals surface area contributed by atoms with Gasteiger partial charge in [0, 0.05) is 16.9 Å². The fraction of sp³-hybridized carbons (Fsp3) is 0.647. The van der Waals surface area contributed by atoms with Crippen molar-refractivity contribution in [2.45, 2.75) is 63.2 Å². The Hall–Kier alpha value is -0.510. The van der Waals surface area contributed by atoms with E-state index in [-0.39, 0.29) is 17.2 Å². The summed E-state index contributed by atoms with van der Waals surface area (Å²) in [7, 11) is 0. The lowest BCUT2D eigenvalue weighted by Gasteiger charge is -2.31. The summed E-state index contributed by atoms with van der Waals surface area (Å²) in [6.07, 6.45) is 1.01. The third-order valence-electron chi connectivity index (χ3n) is 4.15. The van der Waals surface area contributed by atoms with Crippen molar-refractivity contribution in [3.8, 4) is 0 Å². The summed E-state index contributed by atoms with van der Waals surface area (Å²) in [6, 6.07) is 8.73. The zero-order chi connectivity index (χ0) is 15.0. The van der Waals surface area contributed by atoms with Crippen molar-refractivity contribution in [1.82, 2.24) is 0 Å². The minimum atomic E-state index is -0.167. The van der Waals surface area contributed by atoms with Crippen molar-refractivity contribution < 1.29 is 4.74 Å². The van der Waals surface area contributed by atoms with Gasteiger partial charge in [0.15, 0.2) is 0 Å². The molecule has 1 heterocycles. The largest absolute Gasteiger partial charge is 0.369 e. The second-order valence-electron chi connectivity index (χ2n) is 6.80. The minimum Gasteiger partial charge on any atom is -0.369 e. The lowest BCUT2D eigenvalue weighted by molar-refractivity contribution is -0.0767. The smallest absolute Gasteiger partial charge is 0.0680 e. The second kappa shape index (κ2) is 5.70. The van der Waals surface area contributed by atoms with E-state index in [0.717, 1.165) is 12.2 Å². The molecule has 0 bridgehead atoms. The van der Waals surface area contributed by atoms with E-state index in [1.807, 2.05) is 11.8 Å². The van der Waals surface area contributed by atoms with Gasteiger partial charge in [0.25, 0.3) is 0 Å². The van der Waals surface area contributed by atoms with Crippen LogP contribution >= 0.6 is 11.8 Å². The van der Waals surface area contributed by atoms with Crippen LogP contribution in [0.2, 0.25) is 0 Å². The third kappa shape index (κ3) is 3.38. The molecule has 0 aliphatic carbocycles. The molecular weight excluding hydrogens is 266 g/mol. The van der Waals surface area contributed by atoms with Gasteiger partial charge in [0.2, 0.25) is 0 Å². The average molecular weight is 293 g/mol. The van der Waals surface area contributed by atoms with Crippen molar-refractivity contribution in [2.24, 2.45) is 11.7 Å². The molecular formula is C17H27NOS. The fourth-order valence-corrected chi connectivity index (χ4v) is 4.01. The number of benzene rings is 1. The first-order valence-electron chi connectivity index (χ1n) is 7.44. The van der Waals surface area contributed by atoms with E-state index in [4.69, 9.17) is 10.5 Å². The predicted molar refractivity (Wildman–Crippen MR) is 87.1 cm³/mol. The summed E-state index contributed by atoms with van der Waals surface area (Å²) in [6.45, 7) is 10.8. The van der Waals surface area contributed by atoms with Crippen LogP contribution in [0.1, 0.15) is 52.6 Å². The van der Waals surface area contributed by atoms with Crippen LogP contribution in [0.3, 0.4) is 0 Å². The van der Waals surface area contributed by atoms with Crippen LogP contribution < -0.4 is 5.73 Å². The van der Waals surface area contributed by atoms with E-state index < -0.39 is 0 Å². The Morgan fingerprint density at radius 3 is 2.30 bits per heavy atom. The Labute approximate surface area is 127 Å². The van der Waals surface area contributed by atoms with Gasteiger partial charge in [-0.3, -0.25) is 0 Å². The van der Waals surface area contributed by atoms with Crippen LogP contribution in [0.25, 0.3) is 0 Å². The van der Waals surface area contributed by atoms with Gasteiger partial charge in [-0.25, -0.2) is 0 Å². The lowest BCUT2D eigenvalue weighted by Crippen LogP contribution is -2.35. The summed E-state index contributed by atoms with van der Waals surface area (Å²) in [4.78, 5) is 1.31. The van der Waals surface area contributed by atoms with Crippen molar-refractivity contribution in [1.29, 1.82) is 0 Å². The van der Waals surface area contributed by atoms with E-state index in [2.05, 4.69) is 58.9 Å². The van der Waals surface area contributed by atoms with Crippen LogP contribution in [-0.2, 0) is 4.74 Å². The molecule has 1 aromatic carbocycles. The van der Waals surface area contributed by atoms with Crippen LogP contribution in [0.5, 0.6) is 0 Å². The number of nitrogens with two attached hydrogens (primary N) is 1. The number of rotatable bonds is 4. The van der Waals surface area contributed by atoms with Crippen molar-refractivity contribution in [3.63, 3.8) is 0 Å². The molecule has 2 nitrogen and oxygen atoms in total. The fourth-order valence-electron chi connectivity index (χ4n) is 3.35. The molecule has 0 radical (unpaired) electrons. The van der Waals surface area contributed by atoms with Gasteiger partial charge in [-0.2, -0.15) is 0 Å². The highest BCUT2D eigenvalue weighted by Gasteiger charge is 2.48. The zero-order valence-corrected chi connectivity index (χ0v) is 14.1. The Morgan fingerprint density at radius 1 is 1.25 bits per heavy atom. The van der Waals surface area contributed by atoms with E-state index in [9.17, 15) is 0 Å². The van der Waals surface area contributed by atoms with Gasteiger partial charge >= 0.3 is 0 Å². The van der Waals surface area contributed by atoms with E-state index in [1.54, 1.807) is 0 Å². The average Bonchev–Trinajstić information content (AvgIpc) is 2.58. The van der Waals surface area contributed by atoms with Crippen LogP contribution in [0.4, 0.5) is 0 Å². The normalized spacial score (nSPS) is 25.6. The highest BCUT2D eigenvalue weighted by Crippen LogP contribution is 2.46. The van der Waals surface area contributed by atoms with E-state index in [1.165, 1.54) is 10.5 Å². The highest BCUT2D eigenvalue weighted by atomic mass is 32.2. The molecule has 3 heteroatoms. The number of hydrogen-bond donors (Lipinski definition) is 1. The monoisotopic (exact) mass is 293 g/mol. The Kier molecular flexibility index (Phi) is 4.53. The van der Waals surface area contributed by atoms with Gasteiger partial charge in [-0.15, -0.1) is 11.8 Å². The first kappa shape index (κ1) is 15.9. The Bertz CT molecular complexity index is 453. The van der Waals surface area contributed by atoms with Crippen molar-refractivity contribution >= 4 is 11.8 Å². The third-order valence-corrected chi connectivity index (χ3v) is 5.05. The Morgan fingerprint density at radius 2 is 1.85 bits per heavy atom. The molecule has 1 aliphatic rings. The molecule has 1 fully saturated rings. The van der Waals surface area contributed by atoms with Gasteiger partial charge < -0.3 is 10.5 Å². The van der Waals surface area contributed by atoms with Crippen LogP contribution in [-0.4, -0.2) is 17.0 Å². The van der Waals surface area contributed by atoms with E-state index in [0.29, 0.717) is 5.92 Å². The maximum atomic E-state index is 6.53. The summed E-state index contributed by atoms with van der Waals surface area (Å²) in [5, 5.41) is 0. The van der Waals surface area contributed by atoms with Gasteiger partial charge in [-0.05, 0) is 57.6 Å². The molecule has 2 N–H and O–H groups in total. The predicted octanol–water partition coefficient (Wildman–Crippen LogP) is 4.39. The molecule has 2 atom stereocenters. The molecule has 1 saturated heterocycles. The maximum Gasteiger partial charge on any atom is 0.0680 e. The molecule has 2 rings (SSSR count). The quantitative estimate of drug-likeness (QED) is 0.836. The summed E-state index contributed by atoms with van der Waals surface area (Å²) in [5.74, 6) is 1.45. The summed E-state index contributed by atoms with van der Waals surface area (Å²) >= 11 is 1.86. The van der Waals surface area contributed by atoms with Gasteiger partial charge in [-0.1, -0.05) is 19.1 Å². The SMILES string of the molecule is CCSc1ccc(C(N)C2CC(C)(C)OC2(C)C)cc1. The molecule has 2 unspecified atom stereocenters. The molecule has 0 spiro atoms. The molecule has 112 valence electrons. The number of hydrogen-bond acceptors (Lipinski definition) is 3. The second-order valence-corrected chi connectivity index (χ2v) is 8.14. The zero-order valence-electron chi connectivity index (χ0n) is 13.3. The van der Waals surface area contributed by atoms with Gasteiger partial charge in [0.1, 0.15) is 0 Å². The molecule has 0 saturated carbocycles. The van der Waals surface area contributed by atoms with Crippen molar-refractivity contribution in [3.05, 3.63) is 29.8 Å². The van der Waals surface area contributed by atoms with Gasteiger partial charge in [0.05, 0.1) is 11.2 Å². The minimum absolute atomic E-state index is 0.0347. The lowest BCUT2D eigenvalue weighted by atomic mass is 9.79.